The molecule has 0 aliphatic carbocycles. The fourth-order valence-electron chi connectivity index (χ4n) is 3.09. The van der Waals surface area contributed by atoms with E-state index >= 15 is 0 Å². The summed E-state index contributed by atoms with van der Waals surface area (Å²) in [6, 6.07) is 6.71. The maximum absolute atomic E-state index is 12.4. The molecule has 2 heterocycles. The maximum atomic E-state index is 12.4. The van der Waals surface area contributed by atoms with Gasteiger partial charge in [-0.25, -0.2) is 4.79 Å². The lowest BCUT2D eigenvalue weighted by Gasteiger charge is -2.16. The first-order valence-corrected chi connectivity index (χ1v) is 8.16. The van der Waals surface area contributed by atoms with Crippen LogP contribution in [0, 0.1) is 0 Å². The van der Waals surface area contributed by atoms with Gasteiger partial charge in [0, 0.05) is 18.1 Å². The van der Waals surface area contributed by atoms with Crippen molar-refractivity contribution >= 4 is 29.5 Å². The number of carboxylic acid groups (broad SMARTS) is 1. The minimum Gasteiger partial charge on any atom is -0.465 e. The SMILES string of the molecule is O=C(O)N1CCCC(=C(Cl)CN2C(=O)c3ccccc3C2=O)CC1. The van der Waals surface area contributed by atoms with Crippen molar-refractivity contribution in [3.8, 4) is 0 Å². The molecule has 0 atom stereocenters. The molecule has 2 aliphatic heterocycles. The fourth-order valence-corrected chi connectivity index (χ4v) is 3.39. The summed E-state index contributed by atoms with van der Waals surface area (Å²) >= 11 is 6.38. The Labute approximate surface area is 144 Å². The third-order valence-corrected chi connectivity index (χ3v) is 4.81. The topological polar surface area (TPSA) is 77.9 Å². The molecule has 1 aromatic carbocycles. The van der Waals surface area contributed by atoms with Crippen molar-refractivity contribution in [3.63, 3.8) is 0 Å². The number of imide groups is 1. The monoisotopic (exact) mass is 348 g/mol. The van der Waals surface area contributed by atoms with Crippen LogP contribution in [0.1, 0.15) is 40.0 Å². The summed E-state index contributed by atoms with van der Waals surface area (Å²) in [5.74, 6) is -0.676. The lowest BCUT2D eigenvalue weighted by atomic mass is 10.1. The molecular weight excluding hydrogens is 332 g/mol. The van der Waals surface area contributed by atoms with E-state index in [1.54, 1.807) is 24.3 Å². The number of hydrogen-bond acceptors (Lipinski definition) is 3. The molecule has 6 nitrogen and oxygen atoms in total. The molecular formula is C17H17ClN2O4. The van der Waals surface area contributed by atoms with E-state index in [9.17, 15) is 14.4 Å². The van der Waals surface area contributed by atoms with Crippen LogP contribution in [0.2, 0.25) is 0 Å². The van der Waals surface area contributed by atoms with Gasteiger partial charge in [-0.3, -0.25) is 14.5 Å². The van der Waals surface area contributed by atoms with Gasteiger partial charge in [-0.2, -0.15) is 0 Å². The Bertz CT molecular complexity index is 709. The molecule has 24 heavy (non-hydrogen) atoms. The van der Waals surface area contributed by atoms with Gasteiger partial charge in [-0.05, 0) is 31.4 Å². The number of benzene rings is 1. The van der Waals surface area contributed by atoms with Crippen molar-refractivity contribution in [3.05, 3.63) is 46.0 Å². The molecule has 0 spiro atoms. The van der Waals surface area contributed by atoms with Gasteiger partial charge >= 0.3 is 6.09 Å². The summed E-state index contributed by atoms with van der Waals surface area (Å²) < 4.78 is 0. The Balaban J connectivity index is 1.75. The van der Waals surface area contributed by atoms with Gasteiger partial charge in [0.15, 0.2) is 0 Å². The molecule has 1 aromatic rings. The van der Waals surface area contributed by atoms with Crippen molar-refractivity contribution in [2.45, 2.75) is 19.3 Å². The van der Waals surface area contributed by atoms with E-state index in [-0.39, 0.29) is 18.4 Å². The van der Waals surface area contributed by atoms with Crippen molar-refractivity contribution in [2.75, 3.05) is 19.6 Å². The van der Waals surface area contributed by atoms with Crippen LogP contribution in [0.15, 0.2) is 34.9 Å². The van der Waals surface area contributed by atoms with Crippen molar-refractivity contribution in [1.29, 1.82) is 0 Å². The maximum Gasteiger partial charge on any atom is 0.407 e. The first-order chi connectivity index (χ1) is 11.5. The Morgan fingerprint density at radius 2 is 1.71 bits per heavy atom. The van der Waals surface area contributed by atoms with Gasteiger partial charge < -0.3 is 10.0 Å². The van der Waals surface area contributed by atoms with E-state index in [1.807, 2.05) is 0 Å². The Kier molecular flexibility index (Phi) is 4.57. The zero-order valence-electron chi connectivity index (χ0n) is 13.0. The number of carbonyl (C=O) groups is 3. The fraction of sp³-hybridized carbons (Fsp3) is 0.353. The molecule has 3 rings (SSSR count). The van der Waals surface area contributed by atoms with E-state index in [1.165, 1.54) is 4.90 Å². The molecule has 1 N–H and O–H groups in total. The molecule has 0 radical (unpaired) electrons. The summed E-state index contributed by atoms with van der Waals surface area (Å²) in [6.45, 7) is 0.884. The number of halogens is 1. The van der Waals surface area contributed by atoms with E-state index in [4.69, 9.17) is 16.7 Å². The number of fused-ring (bicyclic) bond motifs is 1. The number of amides is 3. The van der Waals surface area contributed by atoms with Crippen LogP contribution in [-0.4, -0.2) is 52.4 Å². The smallest absolute Gasteiger partial charge is 0.407 e. The third kappa shape index (κ3) is 3.01. The third-order valence-electron chi connectivity index (χ3n) is 4.42. The Morgan fingerprint density at radius 1 is 1.08 bits per heavy atom. The highest BCUT2D eigenvalue weighted by atomic mass is 35.5. The number of likely N-dealkylation sites (tertiary alicyclic amines) is 1. The molecule has 1 saturated heterocycles. The van der Waals surface area contributed by atoms with Crippen LogP contribution in [0.5, 0.6) is 0 Å². The van der Waals surface area contributed by atoms with Gasteiger partial charge in [-0.15, -0.1) is 0 Å². The summed E-state index contributed by atoms with van der Waals surface area (Å²) in [5.41, 5.74) is 1.71. The number of nitrogens with zero attached hydrogens (tertiary/aromatic N) is 2. The largest absolute Gasteiger partial charge is 0.465 e. The second kappa shape index (κ2) is 6.65. The van der Waals surface area contributed by atoms with Crippen molar-refractivity contribution < 1.29 is 19.5 Å². The number of rotatable bonds is 2. The quantitative estimate of drug-likeness (QED) is 0.833. The van der Waals surface area contributed by atoms with Gasteiger partial charge in [-0.1, -0.05) is 29.3 Å². The van der Waals surface area contributed by atoms with Crippen LogP contribution in [0.25, 0.3) is 0 Å². The highest BCUT2D eigenvalue weighted by molar-refractivity contribution is 6.31. The van der Waals surface area contributed by atoms with Crippen LogP contribution >= 0.6 is 11.6 Å². The first-order valence-electron chi connectivity index (χ1n) is 7.78. The first kappa shape index (κ1) is 16.5. The zero-order chi connectivity index (χ0) is 17.3. The molecule has 2 aliphatic rings. The van der Waals surface area contributed by atoms with E-state index in [0.29, 0.717) is 48.5 Å². The summed E-state index contributed by atoms with van der Waals surface area (Å²) in [5, 5.41) is 9.52. The molecule has 0 saturated carbocycles. The summed E-state index contributed by atoms with van der Waals surface area (Å²) in [7, 11) is 0. The van der Waals surface area contributed by atoms with Gasteiger partial charge in [0.1, 0.15) is 0 Å². The summed E-state index contributed by atoms with van der Waals surface area (Å²) in [4.78, 5) is 38.3. The lowest BCUT2D eigenvalue weighted by molar-refractivity contribution is 0.0670. The van der Waals surface area contributed by atoms with Gasteiger partial charge in [0.05, 0.1) is 17.7 Å². The van der Waals surface area contributed by atoms with E-state index in [0.717, 1.165) is 10.5 Å². The molecule has 0 unspecified atom stereocenters. The van der Waals surface area contributed by atoms with E-state index < -0.39 is 6.09 Å². The van der Waals surface area contributed by atoms with Crippen molar-refractivity contribution in [2.24, 2.45) is 0 Å². The van der Waals surface area contributed by atoms with Crippen LogP contribution in [0.3, 0.4) is 0 Å². The van der Waals surface area contributed by atoms with Crippen LogP contribution < -0.4 is 0 Å². The predicted octanol–water partition coefficient (Wildman–Crippen LogP) is 2.94. The Hall–Kier alpha value is -2.34. The highest BCUT2D eigenvalue weighted by Gasteiger charge is 2.35. The zero-order valence-corrected chi connectivity index (χ0v) is 13.8. The number of carbonyl (C=O) groups excluding carboxylic acids is 2. The highest BCUT2D eigenvalue weighted by Crippen LogP contribution is 2.27. The lowest BCUT2D eigenvalue weighted by Crippen LogP contribution is -2.31. The van der Waals surface area contributed by atoms with Crippen molar-refractivity contribution in [1.82, 2.24) is 9.80 Å². The molecule has 3 amide bonds. The molecule has 1 fully saturated rings. The molecule has 126 valence electrons. The second-order valence-electron chi connectivity index (χ2n) is 5.87. The van der Waals surface area contributed by atoms with Gasteiger partial charge in [0.25, 0.3) is 11.8 Å². The minimum absolute atomic E-state index is 0.0380. The minimum atomic E-state index is -0.937. The van der Waals surface area contributed by atoms with Crippen LogP contribution in [-0.2, 0) is 0 Å². The average Bonchev–Trinajstić information content (AvgIpc) is 2.77. The molecule has 0 bridgehead atoms. The standard InChI is InChI=1S/C17H17ClN2O4/c18-14(11-4-3-8-19(9-7-11)17(23)24)10-20-15(21)12-5-1-2-6-13(12)16(20)22/h1-2,5-6H,3-4,7-10H2,(H,23,24). The van der Waals surface area contributed by atoms with Crippen LogP contribution in [0.4, 0.5) is 4.79 Å². The predicted molar refractivity (Wildman–Crippen MR) is 88.1 cm³/mol. The second-order valence-corrected chi connectivity index (χ2v) is 6.33. The Morgan fingerprint density at radius 3 is 2.29 bits per heavy atom. The van der Waals surface area contributed by atoms with E-state index in [2.05, 4.69) is 0 Å². The summed E-state index contributed by atoms with van der Waals surface area (Å²) in [6.07, 6.45) is 0.938. The molecule has 0 aromatic heterocycles. The van der Waals surface area contributed by atoms with Gasteiger partial charge in [0.2, 0.25) is 0 Å². The average molecular weight is 349 g/mol. The number of hydrogen-bond donors (Lipinski definition) is 1. The normalized spacial score (nSPS) is 20.0. The molecule has 7 heteroatoms.